The summed E-state index contributed by atoms with van der Waals surface area (Å²) < 4.78 is 15.5. The Kier molecular flexibility index (Phi) is 7.45. The molecular weight excluding hydrogens is 308 g/mol. The SMILES string of the molecule is COCCOc1ccc(NC(=O)c2coc(CN)c2)cc1.Cl. The maximum absolute atomic E-state index is 12.0. The molecule has 0 aliphatic rings. The number of carbonyl (C=O) groups excluding carboxylic acids is 1. The summed E-state index contributed by atoms with van der Waals surface area (Å²) in [4.78, 5) is 12.0. The van der Waals surface area contributed by atoms with Crippen LogP contribution in [0.5, 0.6) is 5.75 Å². The Morgan fingerprint density at radius 1 is 1.27 bits per heavy atom. The van der Waals surface area contributed by atoms with Crippen molar-refractivity contribution in [1.29, 1.82) is 0 Å². The van der Waals surface area contributed by atoms with Crippen molar-refractivity contribution in [3.8, 4) is 5.75 Å². The molecule has 22 heavy (non-hydrogen) atoms. The van der Waals surface area contributed by atoms with Gasteiger partial charge >= 0.3 is 0 Å². The lowest BCUT2D eigenvalue weighted by Gasteiger charge is -2.07. The molecule has 7 heteroatoms. The van der Waals surface area contributed by atoms with Crippen LogP contribution in [0.15, 0.2) is 41.0 Å². The Hall–Kier alpha value is -2.02. The third kappa shape index (κ3) is 5.07. The minimum atomic E-state index is -0.244. The van der Waals surface area contributed by atoms with Gasteiger partial charge in [0.1, 0.15) is 24.4 Å². The molecule has 120 valence electrons. The summed E-state index contributed by atoms with van der Waals surface area (Å²) in [5.74, 6) is 1.05. The zero-order valence-electron chi connectivity index (χ0n) is 12.2. The van der Waals surface area contributed by atoms with Gasteiger partial charge in [-0.1, -0.05) is 0 Å². The predicted octanol–water partition coefficient (Wildman–Crippen LogP) is 2.44. The summed E-state index contributed by atoms with van der Waals surface area (Å²) in [6.45, 7) is 1.28. The maximum Gasteiger partial charge on any atom is 0.258 e. The molecule has 0 saturated heterocycles. The lowest BCUT2D eigenvalue weighted by atomic mass is 10.2. The summed E-state index contributed by atoms with van der Waals surface area (Å²) in [5.41, 5.74) is 6.55. The minimum Gasteiger partial charge on any atom is -0.491 e. The fraction of sp³-hybridized carbons (Fsp3) is 0.267. The Labute approximate surface area is 135 Å². The monoisotopic (exact) mass is 326 g/mol. The molecule has 0 aliphatic heterocycles. The number of hydrogen-bond donors (Lipinski definition) is 2. The molecular formula is C15H19ClN2O4. The van der Waals surface area contributed by atoms with Crippen LogP contribution in [-0.4, -0.2) is 26.2 Å². The lowest BCUT2D eigenvalue weighted by Crippen LogP contribution is -2.11. The van der Waals surface area contributed by atoms with Crippen LogP contribution in [0.1, 0.15) is 16.1 Å². The summed E-state index contributed by atoms with van der Waals surface area (Å²) in [5, 5.41) is 2.77. The van der Waals surface area contributed by atoms with E-state index in [1.807, 2.05) is 0 Å². The standard InChI is InChI=1S/C15H18N2O4.ClH/c1-19-6-7-20-13-4-2-12(3-5-13)17-15(18)11-8-14(9-16)21-10-11;/h2-5,8,10H,6-7,9,16H2,1H3,(H,17,18);1H. The van der Waals surface area contributed by atoms with Crippen LogP contribution in [0, 0.1) is 0 Å². The van der Waals surface area contributed by atoms with Gasteiger partial charge in [0.25, 0.3) is 5.91 Å². The highest BCUT2D eigenvalue weighted by Gasteiger charge is 2.09. The van der Waals surface area contributed by atoms with Gasteiger partial charge in [-0.15, -0.1) is 12.4 Å². The fourth-order valence-corrected chi connectivity index (χ4v) is 1.69. The second-order valence-corrected chi connectivity index (χ2v) is 4.33. The maximum atomic E-state index is 12.0. The molecule has 3 N–H and O–H groups in total. The highest BCUT2D eigenvalue weighted by Crippen LogP contribution is 2.17. The van der Waals surface area contributed by atoms with E-state index in [1.54, 1.807) is 37.4 Å². The number of methoxy groups -OCH3 is 1. The molecule has 0 unspecified atom stereocenters. The van der Waals surface area contributed by atoms with Gasteiger partial charge in [0, 0.05) is 12.8 Å². The van der Waals surface area contributed by atoms with Crippen molar-refractivity contribution in [1.82, 2.24) is 0 Å². The highest BCUT2D eigenvalue weighted by atomic mass is 35.5. The summed E-state index contributed by atoms with van der Waals surface area (Å²) in [7, 11) is 1.62. The van der Waals surface area contributed by atoms with Crippen LogP contribution in [0.2, 0.25) is 0 Å². The molecule has 2 rings (SSSR count). The van der Waals surface area contributed by atoms with E-state index in [1.165, 1.54) is 6.26 Å². The molecule has 0 spiro atoms. The first-order valence-corrected chi connectivity index (χ1v) is 6.53. The number of anilines is 1. The highest BCUT2D eigenvalue weighted by molar-refractivity contribution is 6.04. The van der Waals surface area contributed by atoms with E-state index in [2.05, 4.69) is 5.32 Å². The topological polar surface area (TPSA) is 86.7 Å². The van der Waals surface area contributed by atoms with Gasteiger partial charge in [0.05, 0.1) is 18.7 Å². The largest absolute Gasteiger partial charge is 0.491 e. The Bertz CT molecular complexity index is 583. The summed E-state index contributed by atoms with van der Waals surface area (Å²) in [6, 6.07) is 8.73. The van der Waals surface area contributed by atoms with Crippen LogP contribution in [0.4, 0.5) is 5.69 Å². The normalized spacial score (nSPS) is 9.91. The smallest absolute Gasteiger partial charge is 0.258 e. The fourth-order valence-electron chi connectivity index (χ4n) is 1.69. The first-order valence-electron chi connectivity index (χ1n) is 6.53. The number of hydrogen-bond acceptors (Lipinski definition) is 5. The number of halogens is 1. The molecule has 1 aromatic carbocycles. The van der Waals surface area contributed by atoms with Gasteiger partial charge in [-0.2, -0.15) is 0 Å². The first-order chi connectivity index (χ1) is 10.2. The predicted molar refractivity (Wildman–Crippen MR) is 85.6 cm³/mol. The quantitative estimate of drug-likeness (QED) is 0.763. The van der Waals surface area contributed by atoms with Crippen molar-refractivity contribution in [3.05, 3.63) is 47.9 Å². The molecule has 0 bridgehead atoms. The zero-order chi connectivity index (χ0) is 15.1. The number of carbonyl (C=O) groups is 1. The number of rotatable bonds is 7. The Morgan fingerprint density at radius 2 is 2.00 bits per heavy atom. The van der Waals surface area contributed by atoms with E-state index < -0.39 is 0 Å². The molecule has 0 saturated carbocycles. The van der Waals surface area contributed by atoms with Gasteiger partial charge in [-0.25, -0.2) is 0 Å². The Morgan fingerprint density at radius 3 is 2.59 bits per heavy atom. The average Bonchev–Trinajstić information content (AvgIpc) is 2.98. The van der Waals surface area contributed by atoms with Crippen molar-refractivity contribution >= 4 is 24.0 Å². The average molecular weight is 327 g/mol. The molecule has 1 aromatic heterocycles. The number of furan rings is 1. The van der Waals surface area contributed by atoms with Crippen LogP contribution in [0.25, 0.3) is 0 Å². The zero-order valence-corrected chi connectivity index (χ0v) is 13.0. The van der Waals surface area contributed by atoms with E-state index in [0.717, 1.165) is 5.75 Å². The molecule has 0 fully saturated rings. The van der Waals surface area contributed by atoms with Gasteiger partial charge in [0.15, 0.2) is 0 Å². The first kappa shape index (κ1) is 18.0. The molecule has 0 atom stereocenters. The van der Waals surface area contributed by atoms with Crippen molar-refractivity contribution in [2.45, 2.75) is 6.54 Å². The second kappa shape index (κ2) is 9.09. The molecule has 2 aromatic rings. The molecule has 6 nitrogen and oxygen atoms in total. The molecule has 1 amide bonds. The van der Waals surface area contributed by atoms with E-state index >= 15 is 0 Å². The number of benzene rings is 1. The van der Waals surface area contributed by atoms with E-state index in [4.69, 9.17) is 19.6 Å². The van der Waals surface area contributed by atoms with E-state index in [-0.39, 0.29) is 24.9 Å². The second-order valence-electron chi connectivity index (χ2n) is 4.33. The molecule has 1 heterocycles. The van der Waals surface area contributed by atoms with Gasteiger partial charge in [-0.3, -0.25) is 4.79 Å². The van der Waals surface area contributed by atoms with Crippen molar-refractivity contribution < 1.29 is 18.7 Å². The van der Waals surface area contributed by atoms with E-state index in [9.17, 15) is 4.79 Å². The molecule has 0 radical (unpaired) electrons. The summed E-state index contributed by atoms with van der Waals surface area (Å²) in [6.07, 6.45) is 1.39. The number of nitrogens with two attached hydrogens (primary N) is 1. The third-order valence-electron chi connectivity index (χ3n) is 2.79. The van der Waals surface area contributed by atoms with Crippen LogP contribution < -0.4 is 15.8 Å². The number of nitrogens with one attached hydrogen (secondary N) is 1. The van der Waals surface area contributed by atoms with Crippen molar-refractivity contribution in [2.75, 3.05) is 25.6 Å². The van der Waals surface area contributed by atoms with Crippen LogP contribution in [-0.2, 0) is 11.3 Å². The van der Waals surface area contributed by atoms with Gasteiger partial charge in [-0.05, 0) is 30.3 Å². The Balaban J connectivity index is 0.00000242. The third-order valence-corrected chi connectivity index (χ3v) is 2.79. The van der Waals surface area contributed by atoms with Crippen molar-refractivity contribution in [2.24, 2.45) is 5.73 Å². The van der Waals surface area contributed by atoms with E-state index in [0.29, 0.717) is 30.2 Å². The van der Waals surface area contributed by atoms with Crippen LogP contribution in [0.3, 0.4) is 0 Å². The van der Waals surface area contributed by atoms with Crippen LogP contribution >= 0.6 is 12.4 Å². The van der Waals surface area contributed by atoms with Gasteiger partial charge < -0.3 is 24.9 Å². The number of amides is 1. The van der Waals surface area contributed by atoms with Crippen molar-refractivity contribution in [3.63, 3.8) is 0 Å². The lowest BCUT2D eigenvalue weighted by molar-refractivity contribution is 0.102. The number of ether oxygens (including phenoxy) is 2. The van der Waals surface area contributed by atoms with Gasteiger partial charge in [0.2, 0.25) is 0 Å². The molecule has 0 aliphatic carbocycles. The minimum absolute atomic E-state index is 0. The summed E-state index contributed by atoms with van der Waals surface area (Å²) >= 11 is 0.